The van der Waals surface area contributed by atoms with E-state index in [1.165, 1.54) is 25.7 Å². The molecule has 3 rings (SSSR count). The lowest BCUT2D eigenvalue weighted by Crippen LogP contribution is -2.56. The highest BCUT2D eigenvalue weighted by atomic mass is 16.5. The number of anilines is 1. The quantitative estimate of drug-likeness (QED) is 0.437. The Morgan fingerprint density at radius 3 is 2.58 bits per heavy atom. The number of ether oxygens (including phenoxy) is 2. The van der Waals surface area contributed by atoms with Gasteiger partial charge in [-0.25, -0.2) is 0 Å². The van der Waals surface area contributed by atoms with Gasteiger partial charge in [-0.15, -0.1) is 0 Å². The van der Waals surface area contributed by atoms with Crippen molar-refractivity contribution >= 4 is 11.6 Å². The van der Waals surface area contributed by atoms with Gasteiger partial charge in [0.25, 0.3) is 5.91 Å². The second-order valence-electron chi connectivity index (χ2n) is 8.34. The normalized spacial score (nSPS) is 17.9. The standard InChI is InChI=1S/C26H36N2O3/c1-4-5-6-7-10-19-31-22-14-11-13-21(20-22)26(2)27-24-16-9-8-15-23(24)25(29)28(26)17-12-18-30-3/h8-9,11,13-16,20,27H,4-7,10,12,17-19H2,1-3H3. The number of para-hydroxylation sites is 1. The van der Waals surface area contributed by atoms with Gasteiger partial charge in [0.05, 0.1) is 12.2 Å². The average molecular weight is 425 g/mol. The molecule has 1 amide bonds. The number of methoxy groups -OCH3 is 1. The lowest BCUT2D eigenvalue weighted by molar-refractivity contribution is 0.0504. The first kappa shape index (κ1) is 23.1. The topological polar surface area (TPSA) is 50.8 Å². The molecule has 1 aliphatic heterocycles. The van der Waals surface area contributed by atoms with Crippen molar-refractivity contribution in [1.29, 1.82) is 0 Å². The van der Waals surface area contributed by atoms with Gasteiger partial charge in [-0.2, -0.15) is 0 Å². The summed E-state index contributed by atoms with van der Waals surface area (Å²) in [5, 5.41) is 3.62. The summed E-state index contributed by atoms with van der Waals surface area (Å²) in [6.07, 6.45) is 6.83. The van der Waals surface area contributed by atoms with Gasteiger partial charge < -0.3 is 19.7 Å². The maximum atomic E-state index is 13.4. The smallest absolute Gasteiger partial charge is 0.258 e. The molecule has 0 spiro atoms. The molecule has 1 aliphatic rings. The van der Waals surface area contributed by atoms with Crippen LogP contribution in [0.3, 0.4) is 0 Å². The molecule has 0 aliphatic carbocycles. The van der Waals surface area contributed by atoms with Crippen molar-refractivity contribution in [3.63, 3.8) is 0 Å². The maximum absolute atomic E-state index is 13.4. The van der Waals surface area contributed by atoms with E-state index in [2.05, 4.69) is 31.3 Å². The average Bonchev–Trinajstić information content (AvgIpc) is 2.78. The highest BCUT2D eigenvalue weighted by Gasteiger charge is 2.42. The number of carbonyl (C=O) groups is 1. The minimum absolute atomic E-state index is 0.0372. The van der Waals surface area contributed by atoms with E-state index >= 15 is 0 Å². The monoisotopic (exact) mass is 424 g/mol. The molecular formula is C26H36N2O3. The molecule has 1 heterocycles. The summed E-state index contributed by atoms with van der Waals surface area (Å²) < 4.78 is 11.3. The van der Waals surface area contributed by atoms with Crippen LogP contribution in [-0.2, 0) is 10.4 Å². The Balaban J connectivity index is 1.80. The zero-order valence-electron chi connectivity index (χ0n) is 19.2. The molecule has 168 valence electrons. The highest BCUT2D eigenvalue weighted by molar-refractivity contribution is 6.02. The van der Waals surface area contributed by atoms with E-state index in [0.29, 0.717) is 18.7 Å². The van der Waals surface area contributed by atoms with Crippen LogP contribution in [0.2, 0.25) is 0 Å². The van der Waals surface area contributed by atoms with Crippen molar-refractivity contribution in [3.8, 4) is 5.75 Å². The summed E-state index contributed by atoms with van der Waals surface area (Å²) >= 11 is 0. The molecule has 0 saturated carbocycles. The minimum atomic E-state index is -0.667. The Labute approximate surface area is 186 Å². The molecule has 0 aromatic heterocycles. The first-order valence-electron chi connectivity index (χ1n) is 11.5. The molecule has 2 aromatic carbocycles. The number of fused-ring (bicyclic) bond motifs is 1. The molecule has 5 heteroatoms. The van der Waals surface area contributed by atoms with Crippen LogP contribution in [0.4, 0.5) is 5.69 Å². The third-order valence-corrected chi connectivity index (χ3v) is 5.96. The Morgan fingerprint density at radius 1 is 0.968 bits per heavy atom. The molecule has 1 unspecified atom stereocenters. The van der Waals surface area contributed by atoms with Crippen LogP contribution in [-0.4, -0.2) is 37.7 Å². The molecule has 31 heavy (non-hydrogen) atoms. The summed E-state index contributed by atoms with van der Waals surface area (Å²) in [6, 6.07) is 15.8. The zero-order valence-corrected chi connectivity index (χ0v) is 19.2. The number of rotatable bonds is 12. The lowest BCUT2D eigenvalue weighted by Gasteiger charge is -2.47. The van der Waals surface area contributed by atoms with Crippen molar-refractivity contribution in [2.75, 3.05) is 32.2 Å². The largest absolute Gasteiger partial charge is 0.494 e. The summed E-state index contributed by atoms with van der Waals surface area (Å²) in [7, 11) is 1.69. The fourth-order valence-corrected chi connectivity index (χ4v) is 4.16. The number of nitrogens with zero attached hydrogens (tertiary/aromatic N) is 1. The Bertz CT molecular complexity index is 854. The molecule has 0 fully saturated rings. The Kier molecular flexibility index (Phi) is 8.35. The van der Waals surface area contributed by atoms with Gasteiger partial charge in [-0.05, 0) is 44.0 Å². The van der Waals surface area contributed by atoms with Crippen LogP contribution >= 0.6 is 0 Å². The first-order valence-corrected chi connectivity index (χ1v) is 11.5. The fraction of sp³-hybridized carbons (Fsp3) is 0.500. The van der Waals surface area contributed by atoms with Crippen LogP contribution < -0.4 is 10.1 Å². The van der Waals surface area contributed by atoms with Gasteiger partial charge in [0, 0.05) is 31.5 Å². The summed E-state index contributed by atoms with van der Waals surface area (Å²) in [6.45, 7) is 6.23. The van der Waals surface area contributed by atoms with Crippen molar-refractivity contribution in [2.45, 2.75) is 58.0 Å². The predicted molar refractivity (Wildman–Crippen MR) is 126 cm³/mol. The molecule has 0 bridgehead atoms. The number of carbonyl (C=O) groups excluding carboxylic acids is 1. The summed E-state index contributed by atoms with van der Waals surface area (Å²) in [5.41, 5.74) is 1.91. The van der Waals surface area contributed by atoms with Crippen molar-refractivity contribution in [3.05, 3.63) is 59.7 Å². The van der Waals surface area contributed by atoms with Crippen molar-refractivity contribution < 1.29 is 14.3 Å². The Morgan fingerprint density at radius 2 is 1.77 bits per heavy atom. The van der Waals surface area contributed by atoms with Crippen LogP contribution in [0.15, 0.2) is 48.5 Å². The van der Waals surface area contributed by atoms with Gasteiger partial charge in [0.2, 0.25) is 0 Å². The molecule has 1 atom stereocenters. The van der Waals surface area contributed by atoms with E-state index < -0.39 is 5.66 Å². The van der Waals surface area contributed by atoms with E-state index in [4.69, 9.17) is 9.47 Å². The number of hydrogen-bond donors (Lipinski definition) is 1. The number of amides is 1. The van der Waals surface area contributed by atoms with E-state index in [9.17, 15) is 4.79 Å². The number of nitrogens with one attached hydrogen (secondary N) is 1. The SMILES string of the molecule is CCCCCCCOc1cccc(C2(C)Nc3ccccc3C(=O)N2CCCOC)c1. The summed E-state index contributed by atoms with van der Waals surface area (Å²) in [4.78, 5) is 15.3. The molecular weight excluding hydrogens is 388 g/mol. The van der Waals surface area contributed by atoms with Gasteiger partial charge in [0.1, 0.15) is 11.4 Å². The number of benzene rings is 2. The second-order valence-corrected chi connectivity index (χ2v) is 8.34. The van der Waals surface area contributed by atoms with Crippen molar-refractivity contribution in [1.82, 2.24) is 4.90 Å². The first-order chi connectivity index (χ1) is 15.1. The van der Waals surface area contributed by atoms with Crippen LogP contribution in [0.1, 0.15) is 68.3 Å². The number of unbranched alkanes of at least 4 members (excludes halogenated alkanes) is 4. The van der Waals surface area contributed by atoms with Gasteiger partial charge >= 0.3 is 0 Å². The van der Waals surface area contributed by atoms with E-state index in [0.717, 1.165) is 36.4 Å². The van der Waals surface area contributed by atoms with E-state index in [1.807, 2.05) is 41.3 Å². The zero-order chi connectivity index (χ0) is 22.1. The van der Waals surface area contributed by atoms with Gasteiger partial charge in [-0.1, -0.05) is 56.9 Å². The van der Waals surface area contributed by atoms with Crippen molar-refractivity contribution in [2.24, 2.45) is 0 Å². The van der Waals surface area contributed by atoms with Crippen LogP contribution in [0.25, 0.3) is 0 Å². The Hall–Kier alpha value is -2.53. The second kappa shape index (κ2) is 11.2. The molecule has 0 radical (unpaired) electrons. The molecule has 1 N–H and O–H groups in total. The lowest BCUT2D eigenvalue weighted by atomic mass is 9.93. The van der Waals surface area contributed by atoms with E-state index in [1.54, 1.807) is 7.11 Å². The molecule has 2 aromatic rings. The predicted octanol–water partition coefficient (Wildman–Crippen LogP) is 5.81. The summed E-state index contributed by atoms with van der Waals surface area (Å²) in [5.74, 6) is 0.884. The van der Waals surface area contributed by atoms with Gasteiger partial charge in [-0.3, -0.25) is 4.79 Å². The minimum Gasteiger partial charge on any atom is -0.494 e. The van der Waals surface area contributed by atoms with Crippen LogP contribution in [0.5, 0.6) is 5.75 Å². The number of hydrogen-bond acceptors (Lipinski definition) is 4. The third kappa shape index (κ3) is 5.59. The fourth-order valence-electron chi connectivity index (χ4n) is 4.16. The third-order valence-electron chi connectivity index (χ3n) is 5.96. The molecule has 0 saturated heterocycles. The maximum Gasteiger partial charge on any atom is 0.258 e. The van der Waals surface area contributed by atoms with Crippen LogP contribution in [0, 0.1) is 0 Å². The van der Waals surface area contributed by atoms with Gasteiger partial charge in [0.15, 0.2) is 0 Å². The molecule has 5 nitrogen and oxygen atoms in total. The highest BCUT2D eigenvalue weighted by Crippen LogP contribution is 2.38. The van der Waals surface area contributed by atoms with E-state index in [-0.39, 0.29) is 5.91 Å².